The van der Waals surface area contributed by atoms with Gasteiger partial charge in [-0.25, -0.2) is 4.39 Å². The Bertz CT molecular complexity index is 1020. The Morgan fingerprint density at radius 3 is 2.55 bits per heavy atom. The molecule has 0 spiro atoms. The number of aliphatic hydroxyl groups is 1. The number of fused-ring (bicyclic) bond motifs is 1. The van der Waals surface area contributed by atoms with Crippen molar-refractivity contribution in [1.82, 2.24) is 14.7 Å². The van der Waals surface area contributed by atoms with Crippen molar-refractivity contribution in [2.45, 2.75) is 18.0 Å². The summed E-state index contributed by atoms with van der Waals surface area (Å²) >= 11 is 0. The molecule has 3 fully saturated rings. The summed E-state index contributed by atoms with van der Waals surface area (Å²) in [6, 6.07) is 13.8. The highest BCUT2D eigenvalue weighted by Gasteiger charge is 2.54. The summed E-state index contributed by atoms with van der Waals surface area (Å²) < 4.78 is 18.9. The lowest BCUT2D eigenvalue weighted by Crippen LogP contribution is -2.73. The third-order valence-corrected chi connectivity index (χ3v) is 7.02. The zero-order valence-corrected chi connectivity index (χ0v) is 18.4. The molecule has 5 rings (SSSR count). The molecular formula is C25H28FN3O4. The van der Waals surface area contributed by atoms with Gasteiger partial charge in [0.2, 0.25) is 11.8 Å². The number of piperazine rings is 1. The number of benzene rings is 2. The van der Waals surface area contributed by atoms with Crippen molar-refractivity contribution in [1.29, 1.82) is 0 Å². The first kappa shape index (κ1) is 22.0. The van der Waals surface area contributed by atoms with Gasteiger partial charge in [-0.15, -0.1) is 0 Å². The fraction of sp³-hybridized carbons (Fsp3) is 0.440. The van der Waals surface area contributed by atoms with E-state index in [0.29, 0.717) is 26.3 Å². The minimum Gasteiger partial charge on any atom is -0.394 e. The maximum atomic E-state index is 13.6. The highest BCUT2D eigenvalue weighted by atomic mass is 19.1. The highest BCUT2D eigenvalue weighted by Crippen LogP contribution is 2.43. The molecule has 2 aromatic carbocycles. The summed E-state index contributed by atoms with van der Waals surface area (Å²) in [6.07, 6.45) is 0. The normalized spacial score (nSPS) is 25.5. The second kappa shape index (κ2) is 9.21. The molecule has 2 aromatic rings. The van der Waals surface area contributed by atoms with E-state index in [1.54, 1.807) is 15.9 Å². The van der Waals surface area contributed by atoms with Crippen LogP contribution >= 0.6 is 0 Å². The molecule has 3 heterocycles. The zero-order valence-electron chi connectivity index (χ0n) is 18.4. The minimum atomic E-state index is -0.293. The van der Waals surface area contributed by atoms with E-state index in [1.807, 2.05) is 30.3 Å². The van der Waals surface area contributed by atoms with Crippen molar-refractivity contribution in [3.63, 3.8) is 0 Å². The molecule has 0 aliphatic carbocycles. The van der Waals surface area contributed by atoms with Crippen LogP contribution in [0.2, 0.25) is 0 Å². The van der Waals surface area contributed by atoms with Crippen LogP contribution in [0, 0.1) is 5.82 Å². The van der Waals surface area contributed by atoms with Gasteiger partial charge in [-0.3, -0.25) is 14.5 Å². The molecule has 0 unspecified atom stereocenters. The van der Waals surface area contributed by atoms with Crippen LogP contribution in [0.4, 0.5) is 4.39 Å². The fourth-order valence-corrected chi connectivity index (χ4v) is 5.31. The Morgan fingerprint density at radius 2 is 1.85 bits per heavy atom. The Balaban J connectivity index is 1.31. The average molecular weight is 454 g/mol. The van der Waals surface area contributed by atoms with Crippen LogP contribution in [-0.4, -0.2) is 96.2 Å². The van der Waals surface area contributed by atoms with E-state index in [1.165, 1.54) is 12.1 Å². The summed E-state index contributed by atoms with van der Waals surface area (Å²) in [5.41, 5.74) is 2.70. The maximum absolute atomic E-state index is 13.6. The quantitative estimate of drug-likeness (QED) is 0.740. The molecule has 3 aliphatic rings. The SMILES string of the molecule is O=C(CN1CCOCC1)N1CC(=O)N2[C@H](CO)[C@@H](c3ccc(-c4cccc(F)c4)cc3)[C@@H]2C1. The molecule has 0 aromatic heterocycles. The van der Waals surface area contributed by atoms with Crippen LogP contribution in [0.25, 0.3) is 11.1 Å². The first-order chi connectivity index (χ1) is 16.0. The lowest BCUT2D eigenvalue weighted by atomic mass is 9.73. The van der Waals surface area contributed by atoms with Crippen LogP contribution < -0.4 is 0 Å². The standard InChI is InChI=1S/C25H28FN3O4/c26-20-3-1-2-19(12-20)17-4-6-18(7-5-17)25-21-13-28(15-24(32)29(21)22(25)16-30)23(31)14-27-8-10-33-11-9-27/h1-7,12,21-22,25,30H,8-11,13-16H2/t21-,22+,25-/m0/s1. The number of halogens is 1. The third-order valence-electron chi connectivity index (χ3n) is 7.02. The number of nitrogens with zero attached hydrogens (tertiary/aromatic N) is 3. The molecule has 0 saturated carbocycles. The number of hydrogen-bond acceptors (Lipinski definition) is 5. The molecule has 174 valence electrons. The Labute approximate surface area is 192 Å². The number of hydrogen-bond donors (Lipinski definition) is 1. The van der Waals surface area contributed by atoms with Crippen molar-refractivity contribution >= 4 is 11.8 Å². The predicted octanol–water partition coefficient (Wildman–Crippen LogP) is 1.32. The van der Waals surface area contributed by atoms with Gasteiger partial charge in [0.25, 0.3) is 0 Å². The number of morpholine rings is 1. The summed E-state index contributed by atoms with van der Waals surface area (Å²) in [5, 5.41) is 9.99. The lowest BCUT2D eigenvalue weighted by Gasteiger charge is -2.58. The molecular weight excluding hydrogens is 425 g/mol. The second-order valence-corrected chi connectivity index (χ2v) is 8.94. The van der Waals surface area contributed by atoms with Crippen molar-refractivity contribution in [2.75, 3.05) is 52.5 Å². The molecule has 0 bridgehead atoms. The van der Waals surface area contributed by atoms with Crippen LogP contribution in [0.1, 0.15) is 11.5 Å². The summed E-state index contributed by atoms with van der Waals surface area (Å²) in [6.45, 7) is 3.36. The molecule has 3 atom stereocenters. The smallest absolute Gasteiger partial charge is 0.242 e. The fourth-order valence-electron chi connectivity index (χ4n) is 5.31. The number of carbonyl (C=O) groups excluding carboxylic acids is 2. The number of rotatable bonds is 5. The molecule has 33 heavy (non-hydrogen) atoms. The number of carbonyl (C=O) groups is 2. The van der Waals surface area contributed by atoms with Crippen molar-refractivity contribution in [2.24, 2.45) is 0 Å². The molecule has 3 aliphatic heterocycles. The van der Waals surface area contributed by atoms with Gasteiger partial charge in [0.05, 0.1) is 45.0 Å². The topological polar surface area (TPSA) is 73.3 Å². The monoisotopic (exact) mass is 453 g/mol. The van der Waals surface area contributed by atoms with E-state index in [9.17, 15) is 19.1 Å². The summed E-state index contributed by atoms with van der Waals surface area (Å²) in [7, 11) is 0. The first-order valence-corrected chi connectivity index (χ1v) is 11.4. The lowest BCUT2D eigenvalue weighted by molar-refractivity contribution is -0.167. The van der Waals surface area contributed by atoms with Gasteiger partial charge >= 0.3 is 0 Å². The average Bonchev–Trinajstić information content (AvgIpc) is 2.81. The van der Waals surface area contributed by atoms with Gasteiger partial charge in [-0.2, -0.15) is 0 Å². The summed E-state index contributed by atoms with van der Waals surface area (Å²) in [4.78, 5) is 31.2. The summed E-state index contributed by atoms with van der Waals surface area (Å²) in [5.74, 6) is -0.501. The van der Waals surface area contributed by atoms with Crippen LogP contribution in [0.3, 0.4) is 0 Å². The highest BCUT2D eigenvalue weighted by molar-refractivity contribution is 5.88. The number of aliphatic hydroxyl groups excluding tert-OH is 1. The molecule has 0 radical (unpaired) electrons. The number of amides is 2. The van der Waals surface area contributed by atoms with E-state index in [2.05, 4.69) is 4.90 Å². The van der Waals surface area contributed by atoms with Gasteiger partial charge in [-0.05, 0) is 28.8 Å². The van der Waals surface area contributed by atoms with E-state index in [4.69, 9.17) is 4.74 Å². The van der Waals surface area contributed by atoms with E-state index >= 15 is 0 Å². The Hall–Kier alpha value is -2.81. The van der Waals surface area contributed by atoms with Gasteiger partial charge in [0.15, 0.2) is 0 Å². The van der Waals surface area contributed by atoms with Gasteiger partial charge in [0.1, 0.15) is 5.82 Å². The Morgan fingerprint density at radius 1 is 1.09 bits per heavy atom. The molecule has 8 heteroatoms. The Kier molecular flexibility index (Phi) is 6.14. The first-order valence-electron chi connectivity index (χ1n) is 11.4. The van der Waals surface area contributed by atoms with Crippen molar-refractivity contribution in [3.8, 4) is 11.1 Å². The van der Waals surface area contributed by atoms with Crippen LogP contribution in [0.15, 0.2) is 48.5 Å². The largest absolute Gasteiger partial charge is 0.394 e. The number of ether oxygens (including phenoxy) is 1. The third kappa shape index (κ3) is 4.26. The molecule has 7 nitrogen and oxygen atoms in total. The maximum Gasteiger partial charge on any atom is 0.242 e. The van der Waals surface area contributed by atoms with Gasteiger partial charge in [-0.1, -0.05) is 36.4 Å². The van der Waals surface area contributed by atoms with E-state index in [0.717, 1.165) is 29.8 Å². The zero-order chi connectivity index (χ0) is 22.9. The molecule has 1 N–H and O–H groups in total. The van der Waals surface area contributed by atoms with E-state index < -0.39 is 0 Å². The van der Waals surface area contributed by atoms with Gasteiger partial charge < -0.3 is 19.6 Å². The molecule has 2 amide bonds. The molecule has 3 saturated heterocycles. The van der Waals surface area contributed by atoms with Crippen LogP contribution in [-0.2, 0) is 14.3 Å². The minimum absolute atomic E-state index is 0.0439. The predicted molar refractivity (Wildman–Crippen MR) is 120 cm³/mol. The van der Waals surface area contributed by atoms with E-state index in [-0.39, 0.29) is 48.8 Å². The van der Waals surface area contributed by atoms with Crippen LogP contribution in [0.5, 0.6) is 0 Å². The van der Waals surface area contributed by atoms with Gasteiger partial charge in [0, 0.05) is 25.6 Å². The second-order valence-electron chi connectivity index (χ2n) is 8.94. The van der Waals surface area contributed by atoms with Crippen molar-refractivity contribution in [3.05, 3.63) is 59.9 Å². The van der Waals surface area contributed by atoms with Crippen molar-refractivity contribution < 1.29 is 23.8 Å².